The van der Waals surface area contributed by atoms with E-state index in [2.05, 4.69) is 10.4 Å². The maximum absolute atomic E-state index is 12.0. The van der Waals surface area contributed by atoms with Crippen molar-refractivity contribution in [3.63, 3.8) is 0 Å². The van der Waals surface area contributed by atoms with Crippen molar-refractivity contribution >= 4 is 5.91 Å². The minimum atomic E-state index is -0.826. The van der Waals surface area contributed by atoms with E-state index in [0.717, 1.165) is 17.0 Å². The lowest BCUT2D eigenvalue weighted by atomic mass is 9.94. The summed E-state index contributed by atoms with van der Waals surface area (Å²) in [6, 6.07) is 0. The normalized spacial score (nSPS) is 18.0. The molecule has 2 N–H and O–H groups in total. The minimum Gasteiger partial charge on any atom is -0.388 e. The second-order valence-electron chi connectivity index (χ2n) is 5.56. The third-order valence-electron chi connectivity index (χ3n) is 4.03. The molecular formula is C14H23N3O3. The standard InChI is InChI=1S/C14H23N3O3/c1-10-12(11(2)17(3)16-10)8-13(18)15-9-14(19)4-6-20-7-5-14/h19H,4-9H2,1-3H3,(H,15,18). The van der Waals surface area contributed by atoms with Gasteiger partial charge in [-0.15, -0.1) is 0 Å². The van der Waals surface area contributed by atoms with Crippen molar-refractivity contribution in [1.82, 2.24) is 15.1 Å². The molecule has 1 aromatic heterocycles. The van der Waals surface area contributed by atoms with Crippen LogP contribution in [0.3, 0.4) is 0 Å². The molecule has 1 fully saturated rings. The van der Waals surface area contributed by atoms with Crippen LogP contribution in [0.2, 0.25) is 0 Å². The molecule has 0 radical (unpaired) electrons. The number of amides is 1. The van der Waals surface area contributed by atoms with Crippen LogP contribution in [-0.4, -0.2) is 46.2 Å². The molecule has 0 aromatic carbocycles. The van der Waals surface area contributed by atoms with E-state index in [1.807, 2.05) is 20.9 Å². The minimum absolute atomic E-state index is 0.0795. The monoisotopic (exact) mass is 281 g/mol. The SMILES string of the molecule is Cc1nn(C)c(C)c1CC(=O)NCC1(O)CCOCC1. The Bertz CT molecular complexity index is 490. The average Bonchev–Trinajstić information content (AvgIpc) is 2.64. The first kappa shape index (κ1) is 15.0. The molecular weight excluding hydrogens is 258 g/mol. The number of hydrogen-bond acceptors (Lipinski definition) is 4. The molecule has 1 aliphatic rings. The number of rotatable bonds is 4. The highest BCUT2D eigenvalue weighted by Gasteiger charge is 2.30. The Morgan fingerprint density at radius 1 is 1.45 bits per heavy atom. The van der Waals surface area contributed by atoms with Gasteiger partial charge >= 0.3 is 0 Å². The fraction of sp³-hybridized carbons (Fsp3) is 0.714. The highest BCUT2D eigenvalue weighted by Crippen LogP contribution is 2.19. The molecule has 6 nitrogen and oxygen atoms in total. The summed E-state index contributed by atoms with van der Waals surface area (Å²) in [5.41, 5.74) is 2.02. The molecule has 0 spiro atoms. The lowest BCUT2D eigenvalue weighted by Crippen LogP contribution is -2.47. The van der Waals surface area contributed by atoms with E-state index in [9.17, 15) is 9.90 Å². The first-order chi connectivity index (χ1) is 9.41. The van der Waals surface area contributed by atoms with Gasteiger partial charge in [-0.25, -0.2) is 0 Å². The van der Waals surface area contributed by atoms with Crippen molar-refractivity contribution in [2.45, 2.75) is 38.7 Å². The third-order valence-corrected chi connectivity index (χ3v) is 4.03. The lowest BCUT2D eigenvalue weighted by molar-refractivity contribution is -0.123. The maximum Gasteiger partial charge on any atom is 0.224 e. The maximum atomic E-state index is 12.0. The molecule has 0 aliphatic carbocycles. The summed E-state index contributed by atoms with van der Waals surface area (Å²) in [5.74, 6) is -0.0795. The van der Waals surface area contributed by atoms with Crippen LogP contribution in [0.25, 0.3) is 0 Å². The van der Waals surface area contributed by atoms with Gasteiger partial charge in [0.2, 0.25) is 5.91 Å². The molecule has 1 aliphatic heterocycles. The second-order valence-corrected chi connectivity index (χ2v) is 5.56. The van der Waals surface area contributed by atoms with Gasteiger partial charge in [0.05, 0.1) is 17.7 Å². The Kier molecular flexibility index (Phi) is 4.45. The van der Waals surface area contributed by atoms with Crippen molar-refractivity contribution in [3.05, 3.63) is 17.0 Å². The molecule has 20 heavy (non-hydrogen) atoms. The van der Waals surface area contributed by atoms with Crippen molar-refractivity contribution in [2.24, 2.45) is 7.05 Å². The number of ether oxygens (including phenoxy) is 1. The third kappa shape index (κ3) is 3.37. The number of nitrogens with one attached hydrogen (secondary N) is 1. The zero-order valence-electron chi connectivity index (χ0n) is 12.4. The zero-order valence-corrected chi connectivity index (χ0v) is 12.4. The molecule has 0 bridgehead atoms. The molecule has 1 saturated heterocycles. The summed E-state index contributed by atoms with van der Waals surface area (Å²) in [5, 5.41) is 17.4. The fourth-order valence-corrected chi connectivity index (χ4v) is 2.49. The van der Waals surface area contributed by atoms with Crippen molar-refractivity contribution in [1.29, 1.82) is 0 Å². The van der Waals surface area contributed by atoms with E-state index < -0.39 is 5.60 Å². The van der Waals surface area contributed by atoms with Gasteiger partial charge in [-0.1, -0.05) is 0 Å². The van der Waals surface area contributed by atoms with Crippen LogP contribution < -0.4 is 5.32 Å². The predicted octanol–water partition coefficient (Wildman–Crippen LogP) is 0.237. The molecule has 2 rings (SSSR count). The molecule has 112 valence electrons. The molecule has 0 atom stereocenters. The summed E-state index contributed by atoms with van der Waals surface area (Å²) >= 11 is 0. The number of nitrogens with zero attached hydrogens (tertiary/aromatic N) is 2. The lowest BCUT2D eigenvalue weighted by Gasteiger charge is -2.32. The van der Waals surface area contributed by atoms with E-state index in [0.29, 0.717) is 32.5 Å². The first-order valence-electron chi connectivity index (χ1n) is 6.97. The van der Waals surface area contributed by atoms with Gasteiger partial charge in [-0.2, -0.15) is 5.10 Å². The molecule has 2 heterocycles. The number of aliphatic hydroxyl groups is 1. The molecule has 0 saturated carbocycles. The van der Waals surface area contributed by atoms with Crippen molar-refractivity contribution < 1.29 is 14.6 Å². The Balaban J connectivity index is 1.89. The van der Waals surface area contributed by atoms with E-state index in [4.69, 9.17) is 4.74 Å². The summed E-state index contributed by atoms with van der Waals surface area (Å²) in [7, 11) is 1.87. The van der Waals surface area contributed by atoms with Crippen LogP contribution in [0.4, 0.5) is 0 Å². The Labute approximate surface area is 119 Å². The van der Waals surface area contributed by atoms with Crippen molar-refractivity contribution in [2.75, 3.05) is 19.8 Å². The summed E-state index contributed by atoms with van der Waals surface area (Å²) in [6.45, 7) is 5.24. The number of carbonyl (C=O) groups excluding carboxylic acids is 1. The Morgan fingerprint density at radius 2 is 2.10 bits per heavy atom. The number of aryl methyl sites for hydroxylation is 2. The summed E-state index contributed by atoms with van der Waals surface area (Å²) in [4.78, 5) is 12.0. The fourth-order valence-electron chi connectivity index (χ4n) is 2.49. The van der Waals surface area contributed by atoms with E-state index in [-0.39, 0.29) is 12.5 Å². The predicted molar refractivity (Wildman–Crippen MR) is 74.4 cm³/mol. The van der Waals surface area contributed by atoms with Crippen LogP contribution in [-0.2, 0) is 23.0 Å². The Hall–Kier alpha value is -1.40. The van der Waals surface area contributed by atoms with E-state index >= 15 is 0 Å². The smallest absolute Gasteiger partial charge is 0.224 e. The van der Waals surface area contributed by atoms with Gasteiger partial charge in [-0.05, 0) is 13.8 Å². The van der Waals surface area contributed by atoms with Crippen LogP contribution in [0, 0.1) is 13.8 Å². The van der Waals surface area contributed by atoms with Gasteiger partial charge in [0.1, 0.15) is 0 Å². The van der Waals surface area contributed by atoms with Crippen LogP contribution in [0.1, 0.15) is 29.8 Å². The largest absolute Gasteiger partial charge is 0.388 e. The molecule has 1 aromatic rings. The van der Waals surface area contributed by atoms with Gasteiger partial charge < -0.3 is 15.2 Å². The van der Waals surface area contributed by atoms with Crippen LogP contribution in [0.15, 0.2) is 0 Å². The summed E-state index contributed by atoms with van der Waals surface area (Å²) in [6.07, 6.45) is 1.44. The van der Waals surface area contributed by atoms with Crippen LogP contribution in [0.5, 0.6) is 0 Å². The molecule has 0 unspecified atom stereocenters. The topological polar surface area (TPSA) is 76.4 Å². The highest BCUT2D eigenvalue weighted by atomic mass is 16.5. The highest BCUT2D eigenvalue weighted by molar-refractivity contribution is 5.79. The van der Waals surface area contributed by atoms with Gasteiger partial charge in [0.25, 0.3) is 0 Å². The van der Waals surface area contributed by atoms with E-state index in [1.54, 1.807) is 4.68 Å². The van der Waals surface area contributed by atoms with Gasteiger partial charge in [0.15, 0.2) is 0 Å². The molecule has 1 amide bonds. The number of hydrogen-bond donors (Lipinski definition) is 2. The average molecular weight is 281 g/mol. The first-order valence-corrected chi connectivity index (χ1v) is 6.97. The quantitative estimate of drug-likeness (QED) is 0.829. The van der Waals surface area contributed by atoms with E-state index in [1.165, 1.54) is 0 Å². The van der Waals surface area contributed by atoms with Gasteiger partial charge in [0, 0.05) is 50.9 Å². The Morgan fingerprint density at radius 3 is 2.65 bits per heavy atom. The second kappa shape index (κ2) is 5.93. The number of aromatic nitrogens is 2. The summed E-state index contributed by atoms with van der Waals surface area (Å²) < 4.78 is 7.00. The van der Waals surface area contributed by atoms with Gasteiger partial charge in [-0.3, -0.25) is 9.48 Å². The van der Waals surface area contributed by atoms with Crippen molar-refractivity contribution in [3.8, 4) is 0 Å². The number of carbonyl (C=O) groups is 1. The van der Waals surface area contributed by atoms with Crippen LogP contribution >= 0.6 is 0 Å². The zero-order chi connectivity index (χ0) is 14.8. The molecule has 6 heteroatoms.